The number of benzene rings is 1. The van der Waals surface area contributed by atoms with E-state index in [1.165, 1.54) is 7.11 Å². The summed E-state index contributed by atoms with van der Waals surface area (Å²) in [5.41, 5.74) is 0.819. The summed E-state index contributed by atoms with van der Waals surface area (Å²) < 4.78 is 5.01. The van der Waals surface area contributed by atoms with Gasteiger partial charge in [0.15, 0.2) is 0 Å². The standard InChI is InChI=1S/C30H38ClN3O5/c1-29(2)14-19(24(35)16-29)13-22(28(38)39-3)33-26(36)23-15-30(10-5-4-6-11-30)17-34(23)27(37)21-12-18-8-7-9-20(31)25(18)32-21/h7-9,12,19,22-23,32H,4-6,10-11,13-17H2,1-3H3,(H,33,36)/t19-,22+,23?/m1/s1. The summed E-state index contributed by atoms with van der Waals surface area (Å²) in [6.07, 6.45) is 7.10. The molecular formula is C30H38ClN3O5. The molecule has 210 valence electrons. The van der Waals surface area contributed by atoms with Crippen molar-refractivity contribution >= 4 is 46.1 Å². The predicted molar refractivity (Wildman–Crippen MR) is 148 cm³/mol. The van der Waals surface area contributed by atoms with Crippen LogP contribution in [-0.4, -0.2) is 59.2 Å². The second kappa shape index (κ2) is 10.6. The Labute approximate surface area is 234 Å². The van der Waals surface area contributed by atoms with Crippen molar-refractivity contribution in [2.75, 3.05) is 13.7 Å². The Balaban J connectivity index is 1.40. The number of Topliss-reactive ketones (excluding diaryl/α,β-unsaturated/α-hetero) is 1. The summed E-state index contributed by atoms with van der Waals surface area (Å²) in [5.74, 6) is -1.41. The third-order valence-corrected chi connectivity index (χ3v) is 9.37. The van der Waals surface area contributed by atoms with Crippen LogP contribution in [0.4, 0.5) is 0 Å². The van der Waals surface area contributed by atoms with Gasteiger partial charge in [-0.25, -0.2) is 4.79 Å². The molecule has 2 N–H and O–H groups in total. The third-order valence-electron chi connectivity index (χ3n) is 9.05. The highest BCUT2D eigenvalue weighted by atomic mass is 35.5. The molecule has 1 aliphatic heterocycles. The maximum absolute atomic E-state index is 13.9. The van der Waals surface area contributed by atoms with Crippen LogP contribution in [0, 0.1) is 16.7 Å². The summed E-state index contributed by atoms with van der Waals surface area (Å²) in [5, 5.41) is 4.24. The van der Waals surface area contributed by atoms with Gasteiger partial charge in [0.2, 0.25) is 5.91 Å². The van der Waals surface area contributed by atoms with Crippen molar-refractivity contribution in [1.29, 1.82) is 0 Å². The first-order valence-corrected chi connectivity index (χ1v) is 14.4. The number of hydrogen-bond acceptors (Lipinski definition) is 5. The molecule has 1 unspecified atom stereocenters. The van der Waals surface area contributed by atoms with Gasteiger partial charge >= 0.3 is 5.97 Å². The number of rotatable bonds is 6. The lowest BCUT2D eigenvalue weighted by atomic mass is 9.72. The van der Waals surface area contributed by atoms with Crippen LogP contribution in [0.15, 0.2) is 24.3 Å². The lowest BCUT2D eigenvalue weighted by molar-refractivity contribution is -0.146. The predicted octanol–water partition coefficient (Wildman–Crippen LogP) is 5.04. The average molecular weight is 556 g/mol. The topological polar surface area (TPSA) is 109 Å². The fourth-order valence-electron chi connectivity index (χ4n) is 7.15. The zero-order chi connectivity index (χ0) is 27.9. The van der Waals surface area contributed by atoms with Gasteiger partial charge in [0.25, 0.3) is 5.91 Å². The van der Waals surface area contributed by atoms with E-state index in [9.17, 15) is 19.2 Å². The highest BCUT2D eigenvalue weighted by molar-refractivity contribution is 6.35. The molecular weight excluding hydrogens is 518 g/mol. The number of esters is 1. The Hall–Kier alpha value is -2.87. The number of fused-ring (bicyclic) bond motifs is 1. The summed E-state index contributed by atoms with van der Waals surface area (Å²) >= 11 is 6.34. The normalized spacial score (nSPS) is 24.7. The number of para-hydroxylation sites is 1. The molecule has 2 aromatic rings. The summed E-state index contributed by atoms with van der Waals surface area (Å²) in [7, 11) is 1.28. The summed E-state index contributed by atoms with van der Waals surface area (Å²) in [6.45, 7) is 4.57. The largest absolute Gasteiger partial charge is 0.467 e. The zero-order valence-corrected chi connectivity index (χ0v) is 23.7. The molecule has 3 atom stereocenters. The number of likely N-dealkylation sites (tertiary alicyclic amines) is 1. The molecule has 2 saturated carbocycles. The first-order chi connectivity index (χ1) is 18.5. The smallest absolute Gasteiger partial charge is 0.328 e. The number of halogens is 1. The third kappa shape index (κ3) is 5.58. The quantitative estimate of drug-likeness (QED) is 0.485. The SMILES string of the molecule is COC(=O)[C@H](C[C@@H]1CC(C)(C)CC1=O)NC(=O)C1CC2(CCCCC2)CN1C(=O)c1cc2cccc(Cl)c2[nH]1. The number of ketones is 1. The van der Waals surface area contributed by atoms with E-state index in [0.717, 1.165) is 37.5 Å². The number of hydrogen-bond donors (Lipinski definition) is 2. The molecule has 2 aliphatic carbocycles. The van der Waals surface area contributed by atoms with Crippen LogP contribution in [-0.2, 0) is 19.1 Å². The summed E-state index contributed by atoms with van der Waals surface area (Å²) in [4.78, 5) is 57.9. The summed E-state index contributed by atoms with van der Waals surface area (Å²) in [6, 6.07) is 5.59. The Morgan fingerprint density at radius 2 is 1.92 bits per heavy atom. The minimum atomic E-state index is -0.947. The Kier molecular flexibility index (Phi) is 7.53. The Morgan fingerprint density at radius 3 is 2.56 bits per heavy atom. The van der Waals surface area contributed by atoms with Gasteiger partial charge in [-0.2, -0.15) is 0 Å². The van der Waals surface area contributed by atoms with Crippen molar-refractivity contribution < 1.29 is 23.9 Å². The highest BCUT2D eigenvalue weighted by Gasteiger charge is 2.50. The van der Waals surface area contributed by atoms with Crippen molar-refractivity contribution in [2.45, 2.75) is 83.7 Å². The molecule has 3 aliphatic rings. The van der Waals surface area contributed by atoms with E-state index in [1.807, 2.05) is 26.0 Å². The molecule has 1 saturated heterocycles. The zero-order valence-electron chi connectivity index (χ0n) is 23.0. The van der Waals surface area contributed by atoms with Crippen molar-refractivity contribution in [3.8, 4) is 0 Å². The number of aromatic nitrogens is 1. The number of H-pyrrole nitrogens is 1. The number of nitrogens with zero attached hydrogens (tertiary/aromatic N) is 1. The number of carbonyl (C=O) groups excluding carboxylic acids is 4. The van der Waals surface area contributed by atoms with Crippen LogP contribution in [0.1, 0.15) is 82.1 Å². The number of carbonyl (C=O) groups is 4. The minimum Gasteiger partial charge on any atom is -0.467 e. The van der Waals surface area contributed by atoms with Crippen LogP contribution in [0.5, 0.6) is 0 Å². The number of aromatic amines is 1. The number of amides is 2. The highest BCUT2D eigenvalue weighted by Crippen LogP contribution is 2.47. The van der Waals surface area contributed by atoms with E-state index in [1.54, 1.807) is 17.0 Å². The Bertz CT molecular complexity index is 1290. The van der Waals surface area contributed by atoms with Gasteiger partial charge in [-0.05, 0) is 55.1 Å². The first-order valence-electron chi connectivity index (χ1n) is 14.0. The lowest BCUT2D eigenvalue weighted by Crippen LogP contribution is -2.51. The maximum atomic E-state index is 13.9. The molecule has 1 aromatic carbocycles. The number of methoxy groups -OCH3 is 1. The van der Waals surface area contributed by atoms with E-state index in [4.69, 9.17) is 16.3 Å². The average Bonchev–Trinajstić information content (AvgIpc) is 3.57. The van der Waals surface area contributed by atoms with Gasteiger partial charge in [0.1, 0.15) is 23.6 Å². The van der Waals surface area contributed by atoms with Crippen molar-refractivity contribution in [3.05, 3.63) is 35.0 Å². The second-order valence-corrected chi connectivity index (χ2v) is 13.0. The van der Waals surface area contributed by atoms with E-state index in [-0.39, 0.29) is 40.8 Å². The van der Waals surface area contributed by atoms with E-state index in [0.29, 0.717) is 42.0 Å². The van der Waals surface area contributed by atoms with Gasteiger partial charge in [0, 0.05) is 24.3 Å². The van der Waals surface area contributed by atoms with Crippen LogP contribution >= 0.6 is 11.6 Å². The molecule has 1 spiro atoms. The van der Waals surface area contributed by atoms with Gasteiger partial charge in [-0.15, -0.1) is 0 Å². The molecule has 2 heterocycles. The fraction of sp³-hybridized carbons (Fsp3) is 0.600. The molecule has 39 heavy (non-hydrogen) atoms. The van der Waals surface area contributed by atoms with E-state index in [2.05, 4.69) is 10.3 Å². The molecule has 1 aromatic heterocycles. The number of nitrogens with one attached hydrogen (secondary N) is 2. The van der Waals surface area contributed by atoms with Crippen molar-refractivity contribution in [3.63, 3.8) is 0 Å². The van der Waals surface area contributed by atoms with Gasteiger partial charge in [-0.3, -0.25) is 14.4 Å². The molecule has 0 bridgehead atoms. The van der Waals surface area contributed by atoms with Crippen LogP contribution in [0.25, 0.3) is 10.9 Å². The first kappa shape index (κ1) is 27.7. The van der Waals surface area contributed by atoms with Crippen LogP contribution in [0.2, 0.25) is 5.02 Å². The molecule has 3 fully saturated rings. The lowest BCUT2D eigenvalue weighted by Gasteiger charge is -2.32. The molecule has 2 amide bonds. The monoisotopic (exact) mass is 555 g/mol. The second-order valence-electron chi connectivity index (χ2n) is 12.6. The van der Waals surface area contributed by atoms with Crippen LogP contribution in [0.3, 0.4) is 0 Å². The van der Waals surface area contributed by atoms with Gasteiger partial charge in [0.05, 0.1) is 17.6 Å². The van der Waals surface area contributed by atoms with Gasteiger partial charge in [-0.1, -0.05) is 56.8 Å². The molecule has 9 heteroatoms. The minimum absolute atomic E-state index is 0.111. The van der Waals surface area contributed by atoms with Crippen molar-refractivity contribution in [2.24, 2.45) is 16.7 Å². The van der Waals surface area contributed by atoms with E-state index < -0.39 is 18.1 Å². The number of ether oxygens (including phenoxy) is 1. The maximum Gasteiger partial charge on any atom is 0.328 e. The van der Waals surface area contributed by atoms with Crippen LogP contribution < -0.4 is 5.32 Å². The molecule has 5 rings (SSSR count). The van der Waals surface area contributed by atoms with Gasteiger partial charge < -0.3 is 19.9 Å². The fourth-order valence-corrected chi connectivity index (χ4v) is 7.38. The Morgan fingerprint density at radius 1 is 1.18 bits per heavy atom. The molecule has 8 nitrogen and oxygen atoms in total. The van der Waals surface area contributed by atoms with Crippen molar-refractivity contribution in [1.82, 2.24) is 15.2 Å². The molecule has 0 radical (unpaired) electrons. The van der Waals surface area contributed by atoms with E-state index >= 15 is 0 Å².